The molecule has 8 heteroatoms. The molecular formula is C22H23FN2O3S2. The molecule has 1 aliphatic heterocycles. The number of halogens is 1. The van der Waals surface area contributed by atoms with E-state index in [4.69, 9.17) is 4.74 Å². The van der Waals surface area contributed by atoms with E-state index in [0.29, 0.717) is 11.4 Å². The molecule has 158 valence electrons. The number of anilines is 1. The standard InChI is InChI=1S/C22H23FN2O3S2/c1-25-11-9-16-13-19(20(28-2)14-17(16)10-12-25)24-30(26,27)22-8-7-21(29-22)15-3-5-18(23)6-4-15/h3-8,13-14,24H,9-12H2,1-2H3. The van der Waals surface area contributed by atoms with Crippen molar-refractivity contribution in [1.82, 2.24) is 4.90 Å². The maximum atomic E-state index is 13.2. The Morgan fingerprint density at radius 1 is 1.03 bits per heavy atom. The van der Waals surface area contributed by atoms with Gasteiger partial charge in [0.2, 0.25) is 0 Å². The van der Waals surface area contributed by atoms with Gasteiger partial charge in [0.15, 0.2) is 0 Å². The van der Waals surface area contributed by atoms with Crippen LogP contribution in [0.25, 0.3) is 10.4 Å². The molecule has 0 atom stereocenters. The smallest absolute Gasteiger partial charge is 0.271 e. The van der Waals surface area contributed by atoms with Gasteiger partial charge in [0, 0.05) is 18.0 Å². The zero-order valence-electron chi connectivity index (χ0n) is 16.8. The molecular weight excluding hydrogens is 423 g/mol. The van der Waals surface area contributed by atoms with Gasteiger partial charge in [-0.3, -0.25) is 4.72 Å². The van der Waals surface area contributed by atoms with Crippen molar-refractivity contribution in [2.75, 3.05) is 32.0 Å². The number of ether oxygens (including phenoxy) is 1. The van der Waals surface area contributed by atoms with E-state index in [1.165, 1.54) is 17.7 Å². The van der Waals surface area contributed by atoms with E-state index in [1.807, 2.05) is 12.1 Å². The molecule has 0 radical (unpaired) electrons. The molecule has 2 heterocycles. The summed E-state index contributed by atoms with van der Waals surface area (Å²) in [5.74, 6) is 0.184. The lowest BCUT2D eigenvalue weighted by molar-refractivity contribution is 0.352. The van der Waals surface area contributed by atoms with Crippen molar-refractivity contribution < 1.29 is 17.5 Å². The fourth-order valence-corrected chi connectivity index (χ4v) is 5.92. The van der Waals surface area contributed by atoms with E-state index in [9.17, 15) is 12.8 Å². The molecule has 0 spiro atoms. The maximum absolute atomic E-state index is 13.2. The Morgan fingerprint density at radius 2 is 1.70 bits per heavy atom. The van der Waals surface area contributed by atoms with Crippen molar-refractivity contribution in [2.45, 2.75) is 17.1 Å². The van der Waals surface area contributed by atoms with E-state index in [0.717, 1.165) is 53.3 Å². The lowest BCUT2D eigenvalue weighted by Crippen LogP contribution is -2.20. The van der Waals surface area contributed by atoms with E-state index >= 15 is 0 Å². The Kier molecular flexibility index (Phi) is 5.81. The molecule has 5 nitrogen and oxygen atoms in total. The van der Waals surface area contributed by atoms with Crippen molar-refractivity contribution in [1.29, 1.82) is 0 Å². The van der Waals surface area contributed by atoms with Crippen molar-refractivity contribution in [2.24, 2.45) is 0 Å². The molecule has 0 bridgehead atoms. The fraction of sp³-hybridized carbons (Fsp3) is 0.273. The molecule has 2 aromatic carbocycles. The SMILES string of the molecule is COc1cc2c(cc1NS(=O)(=O)c1ccc(-c3ccc(F)cc3)s1)CCN(C)CC2. The summed E-state index contributed by atoms with van der Waals surface area (Å²) in [6, 6.07) is 13.1. The van der Waals surface area contributed by atoms with Crippen LogP contribution < -0.4 is 9.46 Å². The van der Waals surface area contributed by atoms with E-state index in [-0.39, 0.29) is 10.0 Å². The van der Waals surface area contributed by atoms with Crippen LogP contribution in [0.3, 0.4) is 0 Å². The molecule has 0 aliphatic carbocycles. The zero-order valence-corrected chi connectivity index (χ0v) is 18.4. The number of benzene rings is 2. The van der Waals surface area contributed by atoms with Crippen LogP contribution >= 0.6 is 11.3 Å². The van der Waals surface area contributed by atoms with Crippen LogP contribution in [0, 0.1) is 5.82 Å². The summed E-state index contributed by atoms with van der Waals surface area (Å²) in [5.41, 5.74) is 3.54. The average molecular weight is 447 g/mol. The lowest BCUT2D eigenvalue weighted by atomic mass is 10.0. The van der Waals surface area contributed by atoms with Crippen LogP contribution in [0.15, 0.2) is 52.7 Å². The number of thiophene rings is 1. The van der Waals surface area contributed by atoms with Gasteiger partial charge in [0.25, 0.3) is 10.0 Å². The van der Waals surface area contributed by atoms with Gasteiger partial charge in [-0.15, -0.1) is 11.3 Å². The number of nitrogens with one attached hydrogen (secondary N) is 1. The summed E-state index contributed by atoms with van der Waals surface area (Å²) < 4.78 is 47.6. The summed E-state index contributed by atoms with van der Waals surface area (Å²) in [7, 11) is -0.156. The van der Waals surface area contributed by atoms with Crippen LogP contribution in [0.4, 0.5) is 10.1 Å². The van der Waals surface area contributed by atoms with Gasteiger partial charge in [-0.1, -0.05) is 12.1 Å². The van der Waals surface area contributed by atoms with Gasteiger partial charge in [0.1, 0.15) is 15.8 Å². The Bertz CT molecular complexity index is 1160. The highest BCUT2D eigenvalue weighted by Gasteiger charge is 2.22. The fourth-order valence-electron chi connectivity index (χ4n) is 3.54. The van der Waals surface area contributed by atoms with Crippen molar-refractivity contribution in [3.8, 4) is 16.2 Å². The third-order valence-corrected chi connectivity index (χ3v) is 8.26. The minimum Gasteiger partial charge on any atom is -0.495 e. The van der Waals surface area contributed by atoms with Gasteiger partial charge in [-0.25, -0.2) is 12.8 Å². The van der Waals surface area contributed by atoms with Crippen LogP contribution in [0.1, 0.15) is 11.1 Å². The first-order valence-corrected chi connectivity index (χ1v) is 11.9. The summed E-state index contributed by atoms with van der Waals surface area (Å²) in [6.45, 7) is 1.89. The quantitative estimate of drug-likeness (QED) is 0.631. The Balaban J connectivity index is 1.63. The predicted octanol–water partition coefficient (Wildman–Crippen LogP) is 4.39. The Labute approximate surface area is 180 Å². The molecule has 3 aromatic rings. The Morgan fingerprint density at radius 3 is 2.37 bits per heavy atom. The van der Waals surface area contributed by atoms with Crippen LogP contribution in [0.2, 0.25) is 0 Å². The molecule has 4 rings (SSSR count). The molecule has 1 aromatic heterocycles. The Hall–Kier alpha value is -2.42. The highest BCUT2D eigenvalue weighted by molar-refractivity contribution is 7.94. The average Bonchev–Trinajstić information content (AvgIpc) is 3.16. The van der Waals surface area contributed by atoms with Gasteiger partial charge in [0.05, 0.1) is 12.8 Å². The second kappa shape index (κ2) is 8.37. The van der Waals surface area contributed by atoms with E-state index in [1.54, 1.807) is 31.4 Å². The number of rotatable bonds is 5. The number of fused-ring (bicyclic) bond motifs is 1. The number of sulfonamides is 1. The third kappa shape index (κ3) is 4.35. The third-order valence-electron chi connectivity index (χ3n) is 5.27. The molecule has 30 heavy (non-hydrogen) atoms. The summed E-state index contributed by atoms with van der Waals surface area (Å²) >= 11 is 1.14. The zero-order chi connectivity index (χ0) is 21.3. The van der Waals surface area contributed by atoms with Crippen molar-refractivity contribution in [3.05, 3.63) is 65.5 Å². The predicted molar refractivity (Wildman–Crippen MR) is 118 cm³/mol. The first kappa shape index (κ1) is 20.8. The minimum absolute atomic E-state index is 0.193. The topological polar surface area (TPSA) is 58.6 Å². The lowest BCUT2D eigenvalue weighted by Gasteiger charge is -2.15. The number of likely N-dealkylation sites (N-methyl/N-ethyl adjacent to an activating group) is 1. The minimum atomic E-state index is -3.78. The summed E-state index contributed by atoms with van der Waals surface area (Å²) in [5, 5.41) is 0. The highest BCUT2D eigenvalue weighted by atomic mass is 32.2. The summed E-state index contributed by atoms with van der Waals surface area (Å²) in [4.78, 5) is 3.02. The number of methoxy groups -OCH3 is 1. The van der Waals surface area contributed by atoms with Crippen molar-refractivity contribution >= 4 is 27.0 Å². The first-order valence-electron chi connectivity index (χ1n) is 9.62. The second-order valence-corrected chi connectivity index (χ2v) is 10.3. The van der Waals surface area contributed by atoms with Gasteiger partial charge in [-0.2, -0.15) is 0 Å². The number of hydrogen-bond donors (Lipinski definition) is 1. The monoisotopic (exact) mass is 446 g/mol. The highest BCUT2D eigenvalue weighted by Crippen LogP contribution is 2.35. The van der Waals surface area contributed by atoms with Crippen molar-refractivity contribution in [3.63, 3.8) is 0 Å². The molecule has 0 amide bonds. The van der Waals surface area contributed by atoms with Crippen LogP contribution in [-0.4, -0.2) is 40.6 Å². The normalized spacial score (nSPS) is 14.8. The van der Waals surface area contributed by atoms with E-state index in [2.05, 4.69) is 16.7 Å². The van der Waals surface area contributed by atoms with Crippen LogP contribution in [-0.2, 0) is 22.9 Å². The van der Waals surface area contributed by atoms with Gasteiger partial charge >= 0.3 is 0 Å². The second-order valence-electron chi connectivity index (χ2n) is 7.36. The summed E-state index contributed by atoms with van der Waals surface area (Å²) in [6.07, 6.45) is 1.76. The molecule has 0 saturated carbocycles. The molecule has 1 aliphatic rings. The van der Waals surface area contributed by atoms with E-state index < -0.39 is 10.0 Å². The number of hydrogen-bond acceptors (Lipinski definition) is 5. The molecule has 1 N–H and O–H groups in total. The largest absolute Gasteiger partial charge is 0.495 e. The van der Waals surface area contributed by atoms with Crippen LogP contribution in [0.5, 0.6) is 5.75 Å². The number of nitrogens with zero attached hydrogens (tertiary/aromatic N) is 1. The maximum Gasteiger partial charge on any atom is 0.271 e. The van der Waals surface area contributed by atoms with Gasteiger partial charge in [-0.05, 0) is 73.0 Å². The molecule has 0 fully saturated rings. The first-order chi connectivity index (χ1) is 14.4. The molecule has 0 unspecified atom stereocenters. The molecule has 0 saturated heterocycles. The van der Waals surface area contributed by atoms with Gasteiger partial charge < -0.3 is 9.64 Å².